The smallest absolute Gasteiger partial charge is 0.329 e. The largest absolute Gasteiger partial charge is 0.456 e. The van der Waals surface area contributed by atoms with Gasteiger partial charge in [-0.05, 0) is 31.8 Å². The van der Waals surface area contributed by atoms with E-state index in [1.807, 2.05) is 25.3 Å². The second-order valence-corrected chi connectivity index (χ2v) is 13.9. The number of rotatable bonds is 11. The fourth-order valence-corrected chi connectivity index (χ4v) is 6.96. The van der Waals surface area contributed by atoms with Crippen LogP contribution in [-0.2, 0) is 30.5 Å². The second-order valence-electron chi connectivity index (χ2n) is 10.9. The van der Waals surface area contributed by atoms with Gasteiger partial charge in [0.25, 0.3) is 0 Å². The lowest BCUT2D eigenvalue weighted by molar-refractivity contribution is -0.153. The van der Waals surface area contributed by atoms with Gasteiger partial charge in [-0.2, -0.15) is 0 Å². The number of esters is 1. The van der Waals surface area contributed by atoms with Crippen LogP contribution in [0.5, 0.6) is 0 Å². The molecule has 4 bridgehead atoms. The van der Waals surface area contributed by atoms with Crippen molar-refractivity contribution in [1.29, 1.82) is 0 Å². The molecule has 12 heteroatoms. The van der Waals surface area contributed by atoms with Crippen molar-refractivity contribution in [3.8, 4) is 0 Å². The maximum atomic E-state index is 13.3. The van der Waals surface area contributed by atoms with Gasteiger partial charge in [-0.3, -0.25) is 19.4 Å². The molecule has 1 unspecified atom stereocenters. The van der Waals surface area contributed by atoms with Crippen LogP contribution in [0.3, 0.4) is 0 Å². The summed E-state index contributed by atoms with van der Waals surface area (Å²) in [6, 6.07) is -0.896. The first kappa shape index (κ1) is 33.3. The Balaban J connectivity index is 1.66. The molecule has 0 aromatic carbocycles. The minimum atomic E-state index is -1.04. The van der Waals surface area contributed by atoms with E-state index in [9.17, 15) is 19.2 Å². The molecule has 3 rings (SSSR count). The number of nitrogens with zero attached hydrogens (tertiary/aromatic N) is 2. The molecule has 41 heavy (non-hydrogen) atoms. The molecule has 1 aromatic rings. The molecule has 3 atom stereocenters. The van der Waals surface area contributed by atoms with Crippen LogP contribution in [0.25, 0.3) is 0 Å². The number of nitrogens with one attached hydrogen (secondary N) is 2. The molecular formula is C29H42N4O5S3. The molecule has 2 aliphatic rings. The molecule has 9 nitrogen and oxygen atoms in total. The van der Waals surface area contributed by atoms with Gasteiger partial charge in [-0.25, -0.2) is 9.78 Å². The van der Waals surface area contributed by atoms with Crippen molar-refractivity contribution in [3.05, 3.63) is 28.2 Å². The number of carbonyl (C=O) groups excluding carboxylic acids is 4. The lowest BCUT2D eigenvalue weighted by Gasteiger charge is -2.27. The number of aliphatic imine (C=N–C) groups is 1. The number of ether oxygens (including phenoxy) is 1. The zero-order valence-corrected chi connectivity index (χ0v) is 26.9. The molecule has 0 spiro atoms. The zero-order chi connectivity index (χ0) is 29.8. The van der Waals surface area contributed by atoms with E-state index in [0.29, 0.717) is 35.1 Å². The summed E-state index contributed by atoms with van der Waals surface area (Å²) in [5, 5.41) is 9.17. The summed E-state index contributed by atoms with van der Waals surface area (Å²) in [7, 11) is 0. The van der Waals surface area contributed by atoms with Crippen molar-refractivity contribution in [2.75, 3.05) is 11.5 Å². The van der Waals surface area contributed by atoms with Crippen molar-refractivity contribution in [1.82, 2.24) is 15.6 Å². The first-order chi connectivity index (χ1) is 19.6. The number of thioether (sulfide) groups is 2. The SMILES string of the molecule is CCCCCCCC(=O)SCC/C=C/[C@@H]1CC(=O)NCc2nc(cs2)C2=N[C@@](C)(CS2)C(=O)NC(C(C)C)C(=O)O1. The summed E-state index contributed by atoms with van der Waals surface area (Å²) in [5.74, 6) is -0.424. The molecular weight excluding hydrogens is 581 g/mol. The van der Waals surface area contributed by atoms with E-state index in [1.165, 1.54) is 54.1 Å². The Bertz CT molecular complexity index is 1140. The Morgan fingerprint density at radius 2 is 2.02 bits per heavy atom. The van der Waals surface area contributed by atoms with E-state index in [2.05, 4.69) is 27.5 Å². The minimum Gasteiger partial charge on any atom is -0.456 e. The Morgan fingerprint density at radius 3 is 2.78 bits per heavy atom. The molecule has 2 amide bonds. The number of fused-ring (bicyclic) bond motifs is 4. The average molecular weight is 623 g/mol. The molecule has 0 saturated carbocycles. The number of aromatic nitrogens is 1. The normalized spacial score (nSPS) is 23.8. The third-order valence-electron chi connectivity index (χ3n) is 6.78. The first-order valence-electron chi connectivity index (χ1n) is 14.4. The zero-order valence-electron chi connectivity index (χ0n) is 24.4. The molecule has 0 aliphatic carbocycles. The van der Waals surface area contributed by atoms with Gasteiger partial charge in [-0.15, -0.1) is 23.1 Å². The highest BCUT2D eigenvalue weighted by Gasteiger charge is 2.41. The van der Waals surface area contributed by atoms with E-state index in [0.717, 1.165) is 17.8 Å². The Kier molecular flexibility index (Phi) is 13.4. The third-order valence-corrected chi connectivity index (χ3v) is 9.87. The molecule has 0 radical (unpaired) electrons. The number of thiazole rings is 1. The van der Waals surface area contributed by atoms with Crippen LogP contribution in [0.15, 0.2) is 22.5 Å². The van der Waals surface area contributed by atoms with Gasteiger partial charge in [0.1, 0.15) is 33.4 Å². The van der Waals surface area contributed by atoms with E-state index in [1.54, 1.807) is 13.0 Å². The number of allylic oxidation sites excluding steroid dienone is 1. The monoisotopic (exact) mass is 622 g/mol. The van der Waals surface area contributed by atoms with Gasteiger partial charge in [0.15, 0.2) is 5.12 Å². The summed E-state index contributed by atoms with van der Waals surface area (Å²) in [6.07, 6.45) is 9.42. The van der Waals surface area contributed by atoms with Crippen molar-refractivity contribution >= 4 is 62.8 Å². The fourth-order valence-electron chi connectivity index (χ4n) is 4.26. The highest BCUT2D eigenvalue weighted by Crippen LogP contribution is 2.32. The summed E-state index contributed by atoms with van der Waals surface area (Å²) < 4.78 is 5.77. The van der Waals surface area contributed by atoms with Crippen LogP contribution >= 0.6 is 34.9 Å². The second kappa shape index (κ2) is 16.5. The topological polar surface area (TPSA) is 127 Å². The van der Waals surface area contributed by atoms with E-state index < -0.39 is 23.7 Å². The third kappa shape index (κ3) is 10.6. The number of hydrogen-bond acceptors (Lipinski definition) is 10. The van der Waals surface area contributed by atoms with Crippen LogP contribution in [0.4, 0.5) is 0 Å². The highest BCUT2D eigenvalue weighted by atomic mass is 32.2. The van der Waals surface area contributed by atoms with Crippen molar-refractivity contribution < 1.29 is 23.9 Å². The Labute approximate surface area is 255 Å². The maximum Gasteiger partial charge on any atom is 0.329 e. The summed E-state index contributed by atoms with van der Waals surface area (Å²) >= 11 is 4.18. The molecule has 2 N–H and O–H groups in total. The molecule has 1 aromatic heterocycles. The number of carbonyl (C=O) groups is 4. The van der Waals surface area contributed by atoms with Gasteiger partial charge in [0, 0.05) is 23.3 Å². The van der Waals surface area contributed by atoms with Crippen LogP contribution in [0.1, 0.15) is 89.8 Å². The van der Waals surface area contributed by atoms with Crippen molar-refractivity contribution in [2.45, 2.75) is 103 Å². The molecule has 226 valence electrons. The average Bonchev–Trinajstić information content (AvgIpc) is 3.56. The number of cyclic esters (lactones) is 1. The van der Waals surface area contributed by atoms with Gasteiger partial charge in [0.2, 0.25) is 11.8 Å². The summed E-state index contributed by atoms with van der Waals surface area (Å²) in [6.45, 7) is 7.83. The number of amides is 2. The Morgan fingerprint density at radius 1 is 1.24 bits per heavy atom. The van der Waals surface area contributed by atoms with E-state index in [4.69, 9.17) is 4.74 Å². The molecule has 0 saturated heterocycles. The summed E-state index contributed by atoms with van der Waals surface area (Å²) in [4.78, 5) is 60.7. The van der Waals surface area contributed by atoms with Crippen LogP contribution in [0.2, 0.25) is 0 Å². The van der Waals surface area contributed by atoms with Crippen LogP contribution < -0.4 is 10.6 Å². The van der Waals surface area contributed by atoms with Gasteiger partial charge >= 0.3 is 5.97 Å². The quantitative estimate of drug-likeness (QED) is 0.200. The highest BCUT2D eigenvalue weighted by molar-refractivity contribution is 8.14. The molecule has 3 heterocycles. The lowest BCUT2D eigenvalue weighted by Crippen LogP contribution is -2.53. The van der Waals surface area contributed by atoms with Gasteiger partial charge < -0.3 is 15.4 Å². The standard InChI is InChI=1S/C29H42N4O5S3/c1-5-6-7-8-9-13-24(35)39-14-11-10-12-20-15-22(34)30-16-23-31-21(17-40-23)26-33-29(4,18-41-26)28(37)32-25(19(2)3)27(36)38-20/h10,12,17,19-20,25H,5-9,11,13-16,18H2,1-4H3,(H,30,34)(H,32,37)/b12-10+/t20-,25?,29+/m1/s1. The minimum absolute atomic E-state index is 0.0661. The summed E-state index contributed by atoms with van der Waals surface area (Å²) in [5.41, 5.74) is -0.354. The van der Waals surface area contributed by atoms with Gasteiger partial charge in [0.05, 0.1) is 13.0 Å². The van der Waals surface area contributed by atoms with Gasteiger partial charge in [-0.1, -0.05) is 64.3 Å². The van der Waals surface area contributed by atoms with E-state index in [-0.39, 0.29) is 35.8 Å². The predicted molar refractivity (Wildman–Crippen MR) is 167 cm³/mol. The van der Waals surface area contributed by atoms with Crippen molar-refractivity contribution in [3.63, 3.8) is 0 Å². The lowest BCUT2D eigenvalue weighted by atomic mass is 10.0. The van der Waals surface area contributed by atoms with E-state index >= 15 is 0 Å². The molecule has 2 aliphatic heterocycles. The maximum absolute atomic E-state index is 13.3. The Hall–Kier alpha value is -2.18. The van der Waals surface area contributed by atoms with Crippen LogP contribution in [-0.4, -0.2) is 62.1 Å². The first-order valence-corrected chi connectivity index (χ1v) is 17.2. The van der Waals surface area contributed by atoms with Crippen LogP contribution in [0, 0.1) is 5.92 Å². The number of hydrogen-bond donors (Lipinski definition) is 2. The fraction of sp³-hybridized carbons (Fsp3) is 0.655. The predicted octanol–water partition coefficient (Wildman–Crippen LogP) is 5.03. The van der Waals surface area contributed by atoms with Crippen molar-refractivity contribution in [2.24, 2.45) is 10.9 Å². The number of unbranched alkanes of at least 4 members (excludes halogenated alkanes) is 4. The molecule has 0 fully saturated rings.